The number of hydrogen-bond acceptors (Lipinski definition) is 2. The average molecular weight is 348 g/mol. The van der Waals surface area contributed by atoms with Gasteiger partial charge in [0.1, 0.15) is 11.6 Å². The summed E-state index contributed by atoms with van der Waals surface area (Å²) in [5.74, 6) is 0.373. The molecule has 21 heavy (non-hydrogen) atoms. The Morgan fingerprint density at radius 3 is 2.67 bits per heavy atom. The highest BCUT2D eigenvalue weighted by Crippen LogP contribution is 2.33. The van der Waals surface area contributed by atoms with E-state index < -0.39 is 0 Å². The molecule has 0 unspecified atom stereocenters. The number of nitrogens with two attached hydrogens (primary N) is 1. The second-order valence-corrected chi connectivity index (χ2v) is 6.18. The van der Waals surface area contributed by atoms with Gasteiger partial charge in [0.05, 0.1) is 11.0 Å². The molecule has 2 N–H and O–H groups in total. The topological polar surface area (TPSA) is 43.8 Å². The minimum Gasteiger partial charge on any atom is -0.398 e. The van der Waals surface area contributed by atoms with Crippen LogP contribution in [0.2, 0.25) is 0 Å². The first kappa shape index (κ1) is 14.1. The van der Waals surface area contributed by atoms with E-state index in [0.29, 0.717) is 17.1 Å². The zero-order valence-electron chi connectivity index (χ0n) is 11.8. The Morgan fingerprint density at radius 2 is 1.95 bits per heavy atom. The molecular formula is C16H15BrFN3. The van der Waals surface area contributed by atoms with Crippen molar-refractivity contribution in [2.45, 2.75) is 19.9 Å². The van der Waals surface area contributed by atoms with Crippen LogP contribution in [0.1, 0.15) is 19.9 Å². The van der Waals surface area contributed by atoms with Gasteiger partial charge in [-0.2, -0.15) is 0 Å². The molecule has 0 radical (unpaired) electrons. The van der Waals surface area contributed by atoms with Gasteiger partial charge >= 0.3 is 0 Å². The Kier molecular flexibility index (Phi) is 3.45. The van der Waals surface area contributed by atoms with E-state index in [1.807, 2.05) is 18.2 Å². The van der Waals surface area contributed by atoms with Crippen LogP contribution in [0.5, 0.6) is 0 Å². The molecule has 5 heteroatoms. The second kappa shape index (κ2) is 5.15. The van der Waals surface area contributed by atoms with Crippen molar-refractivity contribution in [2.75, 3.05) is 5.73 Å². The van der Waals surface area contributed by atoms with E-state index in [1.54, 1.807) is 6.07 Å². The molecule has 1 heterocycles. The van der Waals surface area contributed by atoms with Crippen molar-refractivity contribution in [2.24, 2.45) is 0 Å². The van der Waals surface area contributed by atoms with Crippen LogP contribution in [-0.4, -0.2) is 9.55 Å². The number of aromatic nitrogens is 2. The lowest BCUT2D eigenvalue weighted by Crippen LogP contribution is -2.04. The van der Waals surface area contributed by atoms with E-state index in [2.05, 4.69) is 39.3 Å². The van der Waals surface area contributed by atoms with Gasteiger partial charge in [-0.1, -0.05) is 15.9 Å². The van der Waals surface area contributed by atoms with Crippen molar-refractivity contribution in [1.82, 2.24) is 9.55 Å². The number of benzene rings is 2. The molecule has 108 valence electrons. The molecule has 0 saturated carbocycles. The Hall–Kier alpha value is -1.88. The first-order valence-corrected chi connectivity index (χ1v) is 7.49. The predicted molar refractivity (Wildman–Crippen MR) is 87.6 cm³/mol. The molecule has 0 spiro atoms. The van der Waals surface area contributed by atoms with Crippen LogP contribution in [0.4, 0.5) is 10.1 Å². The Balaban J connectivity index is 2.36. The highest BCUT2D eigenvalue weighted by atomic mass is 79.9. The summed E-state index contributed by atoms with van der Waals surface area (Å²) in [7, 11) is 0. The zero-order valence-corrected chi connectivity index (χ0v) is 13.4. The van der Waals surface area contributed by atoms with E-state index in [1.165, 1.54) is 12.1 Å². The van der Waals surface area contributed by atoms with Gasteiger partial charge in [-0.25, -0.2) is 9.37 Å². The number of rotatable bonds is 2. The summed E-state index contributed by atoms with van der Waals surface area (Å²) < 4.78 is 16.6. The van der Waals surface area contributed by atoms with E-state index in [4.69, 9.17) is 5.73 Å². The summed E-state index contributed by atoms with van der Waals surface area (Å²) in [6.45, 7) is 4.14. The van der Waals surface area contributed by atoms with Gasteiger partial charge in [-0.15, -0.1) is 0 Å². The summed E-state index contributed by atoms with van der Waals surface area (Å²) in [6, 6.07) is 10.5. The second-order valence-electron chi connectivity index (χ2n) is 5.26. The van der Waals surface area contributed by atoms with Crippen LogP contribution in [0.15, 0.2) is 40.9 Å². The van der Waals surface area contributed by atoms with Crippen molar-refractivity contribution in [3.05, 3.63) is 46.7 Å². The number of fused-ring (bicyclic) bond motifs is 1. The van der Waals surface area contributed by atoms with Crippen LogP contribution >= 0.6 is 15.9 Å². The van der Waals surface area contributed by atoms with E-state index >= 15 is 0 Å². The predicted octanol–water partition coefficient (Wildman–Crippen LogP) is 4.77. The van der Waals surface area contributed by atoms with Gasteiger partial charge in [0, 0.05) is 21.8 Å². The van der Waals surface area contributed by atoms with Crippen LogP contribution < -0.4 is 5.73 Å². The quantitative estimate of drug-likeness (QED) is 0.678. The lowest BCUT2D eigenvalue weighted by molar-refractivity contribution is 0.618. The molecule has 0 saturated heterocycles. The summed E-state index contributed by atoms with van der Waals surface area (Å²) in [4.78, 5) is 4.65. The third-order valence-electron chi connectivity index (χ3n) is 3.42. The van der Waals surface area contributed by atoms with Gasteiger partial charge in [0.2, 0.25) is 0 Å². The molecule has 0 aliphatic rings. The van der Waals surface area contributed by atoms with Gasteiger partial charge in [0.25, 0.3) is 0 Å². The van der Waals surface area contributed by atoms with Crippen molar-refractivity contribution >= 4 is 32.7 Å². The first-order valence-electron chi connectivity index (χ1n) is 6.70. The Bertz CT molecular complexity index is 824. The third kappa shape index (κ3) is 2.42. The molecule has 0 atom stereocenters. The maximum Gasteiger partial charge on any atom is 0.143 e. The fraction of sp³-hybridized carbons (Fsp3) is 0.188. The summed E-state index contributed by atoms with van der Waals surface area (Å²) in [5, 5.41) is 0. The molecular weight excluding hydrogens is 333 g/mol. The normalized spacial score (nSPS) is 11.5. The summed E-state index contributed by atoms with van der Waals surface area (Å²) in [5.41, 5.74) is 9.02. The van der Waals surface area contributed by atoms with Gasteiger partial charge in [-0.05, 0) is 50.2 Å². The van der Waals surface area contributed by atoms with E-state index in [0.717, 1.165) is 15.5 Å². The molecule has 3 rings (SSSR count). The zero-order chi connectivity index (χ0) is 15.1. The molecule has 0 aliphatic heterocycles. The first-order chi connectivity index (χ1) is 9.97. The fourth-order valence-electron chi connectivity index (χ4n) is 2.51. The SMILES string of the molecule is CC(C)n1c(-c2cc(F)ccc2N)nc2cc(Br)ccc21. The summed E-state index contributed by atoms with van der Waals surface area (Å²) in [6.07, 6.45) is 0. The van der Waals surface area contributed by atoms with Crippen LogP contribution in [0, 0.1) is 5.82 Å². The molecule has 0 aliphatic carbocycles. The third-order valence-corrected chi connectivity index (χ3v) is 3.92. The molecule has 0 fully saturated rings. The van der Waals surface area contributed by atoms with Crippen molar-refractivity contribution in [1.29, 1.82) is 0 Å². The number of nitrogen functional groups attached to an aromatic ring is 1. The van der Waals surface area contributed by atoms with Crippen LogP contribution in [0.3, 0.4) is 0 Å². The van der Waals surface area contributed by atoms with Crippen molar-refractivity contribution < 1.29 is 4.39 Å². The average Bonchev–Trinajstić information content (AvgIpc) is 2.79. The number of hydrogen-bond donors (Lipinski definition) is 1. The van der Waals surface area contributed by atoms with Crippen molar-refractivity contribution in [3.63, 3.8) is 0 Å². The molecule has 3 nitrogen and oxygen atoms in total. The largest absolute Gasteiger partial charge is 0.398 e. The highest BCUT2D eigenvalue weighted by molar-refractivity contribution is 9.10. The number of halogens is 2. The number of nitrogens with zero attached hydrogens (tertiary/aromatic N) is 2. The van der Waals surface area contributed by atoms with E-state index in [9.17, 15) is 4.39 Å². The molecule has 1 aromatic heterocycles. The fourth-order valence-corrected chi connectivity index (χ4v) is 2.86. The van der Waals surface area contributed by atoms with Gasteiger partial charge in [-0.3, -0.25) is 0 Å². The van der Waals surface area contributed by atoms with Gasteiger partial charge in [0.15, 0.2) is 0 Å². The van der Waals surface area contributed by atoms with Crippen molar-refractivity contribution in [3.8, 4) is 11.4 Å². The Labute approximate surface area is 130 Å². The van der Waals surface area contributed by atoms with E-state index in [-0.39, 0.29) is 11.9 Å². The Morgan fingerprint density at radius 1 is 1.19 bits per heavy atom. The minimum atomic E-state index is -0.317. The smallest absolute Gasteiger partial charge is 0.143 e. The van der Waals surface area contributed by atoms with Crippen LogP contribution in [-0.2, 0) is 0 Å². The summed E-state index contributed by atoms with van der Waals surface area (Å²) >= 11 is 3.45. The standard InChI is InChI=1S/C16H15BrFN3/c1-9(2)21-15-6-3-10(17)7-14(15)20-16(21)12-8-11(18)4-5-13(12)19/h3-9H,19H2,1-2H3. The van der Waals surface area contributed by atoms with Crippen LogP contribution in [0.25, 0.3) is 22.4 Å². The molecule has 2 aromatic carbocycles. The maximum atomic E-state index is 13.6. The number of anilines is 1. The molecule has 0 amide bonds. The minimum absolute atomic E-state index is 0.189. The molecule has 0 bridgehead atoms. The van der Waals surface area contributed by atoms with Gasteiger partial charge < -0.3 is 10.3 Å². The lowest BCUT2D eigenvalue weighted by Gasteiger charge is -2.14. The molecule has 3 aromatic rings. The lowest BCUT2D eigenvalue weighted by atomic mass is 10.1. The highest BCUT2D eigenvalue weighted by Gasteiger charge is 2.17. The maximum absolute atomic E-state index is 13.6. The number of imidazole rings is 1. The monoisotopic (exact) mass is 347 g/mol.